The molecule has 0 aliphatic heterocycles. The summed E-state index contributed by atoms with van der Waals surface area (Å²) in [5.74, 6) is -1.23. The first-order valence-electron chi connectivity index (χ1n) is 7.29. The van der Waals surface area contributed by atoms with Gasteiger partial charge in [-0.25, -0.2) is 4.98 Å². The van der Waals surface area contributed by atoms with Crippen LogP contribution in [0.3, 0.4) is 0 Å². The molecule has 0 bridgehead atoms. The van der Waals surface area contributed by atoms with Crippen molar-refractivity contribution < 1.29 is 18.0 Å². The van der Waals surface area contributed by atoms with Crippen LogP contribution in [0.25, 0.3) is 0 Å². The van der Waals surface area contributed by atoms with E-state index in [1.165, 1.54) is 0 Å². The number of halogens is 3. The maximum Gasteiger partial charge on any atom is 0.391 e. The van der Waals surface area contributed by atoms with Gasteiger partial charge in [0, 0.05) is 31.3 Å². The number of aryl methyl sites for hydroxylation is 1. The standard InChI is InChI=1S/C14H20F3N3O/c15-14(16,17)11-4-1-3-10(9-11)13(21)20-6-2-5-12-18-7-8-19-12/h7-8,10-11H,1-6,9H2,(H,18,19)(H,20,21). The first kappa shape index (κ1) is 15.9. The lowest BCUT2D eigenvalue weighted by molar-refractivity contribution is -0.186. The molecule has 1 aromatic heterocycles. The lowest BCUT2D eigenvalue weighted by atomic mass is 9.80. The fourth-order valence-electron chi connectivity index (χ4n) is 2.77. The van der Waals surface area contributed by atoms with Crippen LogP contribution in [0.5, 0.6) is 0 Å². The van der Waals surface area contributed by atoms with E-state index in [2.05, 4.69) is 15.3 Å². The number of nitrogens with zero attached hydrogens (tertiary/aromatic N) is 1. The number of H-pyrrole nitrogens is 1. The summed E-state index contributed by atoms with van der Waals surface area (Å²) in [7, 11) is 0. The van der Waals surface area contributed by atoms with Crippen LogP contribution < -0.4 is 5.32 Å². The fourth-order valence-corrected chi connectivity index (χ4v) is 2.77. The number of hydrogen-bond donors (Lipinski definition) is 2. The Balaban J connectivity index is 1.70. The topological polar surface area (TPSA) is 57.8 Å². The van der Waals surface area contributed by atoms with Gasteiger partial charge >= 0.3 is 6.18 Å². The second-order valence-electron chi connectivity index (χ2n) is 5.53. The van der Waals surface area contributed by atoms with Crippen molar-refractivity contribution in [2.75, 3.05) is 6.54 Å². The third-order valence-electron chi connectivity index (χ3n) is 3.95. The predicted molar refractivity (Wildman–Crippen MR) is 71.4 cm³/mol. The minimum absolute atomic E-state index is 0.0759. The molecule has 0 aromatic carbocycles. The van der Waals surface area contributed by atoms with Gasteiger partial charge in [0.2, 0.25) is 5.91 Å². The van der Waals surface area contributed by atoms with Crippen molar-refractivity contribution in [1.29, 1.82) is 0 Å². The van der Waals surface area contributed by atoms with E-state index in [0.29, 0.717) is 32.2 Å². The Kier molecular flexibility index (Phi) is 5.25. The van der Waals surface area contributed by atoms with Gasteiger partial charge in [-0.3, -0.25) is 4.79 Å². The number of carbonyl (C=O) groups excluding carboxylic acids is 1. The number of carbonyl (C=O) groups is 1. The zero-order valence-corrected chi connectivity index (χ0v) is 11.7. The van der Waals surface area contributed by atoms with Gasteiger partial charge in [0.25, 0.3) is 0 Å². The summed E-state index contributed by atoms with van der Waals surface area (Å²) in [5, 5.41) is 2.74. The number of nitrogens with one attached hydrogen (secondary N) is 2. The maximum atomic E-state index is 12.7. The van der Waals surface area contributed by atoms with E-state index >= 15 is 0 Å². The van der Waals surface area contributed by atoms with Crippen LogP contribution in [0.15, 0.2) is 12.4 Å². The van der Waals surface area contributed by atoms with Gasteiger partial charge in [-0.15, -0.1) is 0 Å². The highest BCUT2D eigenvalue weighted by Crippen LogP contribution is 2.39. The Morgan fingerprint density at radius 3 is 2.90 bits per heavy atom. The molecule has 1 fully saturated rings. The van der Waals surface area contributed by atoms with Crippen molar-refractivity contribution in [3.8, 4) is 0 Å². The number of amides is 1. The van der Waals surface area contributed by atoms with Gasteiger partial charge < -0.3 is 10.3 Å². The van der Waals surface area contributed by atoms with E-state index in [-0.39, 0.29) is 18.7 Å². The molecule has 4 nitrogen and oxygen atoms in total. The zero-order valence-electron chi connectivity index (χ0n) is 11.7. The summed E-state index contributed by atoms with van der Waals surface area (Å²) >= 11 is 0. The molecule has 2 atom stereocenters. The van der Waals surface area contributed by atoms with E-state index in [0.717, 1.165) is 5.82 Å². The largest absolute Gasteiger partial charge is 0.391 e. The van der Waals surface area contributed by atoms with E-state index in [1.807, 2.05) is 0 Å². The molecule has 2 rings (SSSR count). The number of imidazole rings is 1. The van der Waals surface area contributed by atoms with Crippen molar-refractivity contribution in [3.05, 3.63) is 18.2 Å². The average Bonchev–Trinajstić information content (AvgIpc) is 2.96. The molecule has 21 heavy (non-hydrogen) atoms. The number of alkyl halides is 3. The minimum Gasteiger partial charge on any atom is -0.356 e. The molecule has 1 amide bonds. The Bertz CT molecular complexity index is 445. The van der Waals surface area contributed by atoms with E-state index in [1.54, 1.807) is 12.4 Å². The second-order valence-corrected chi connectivity index (χ2v) is 5.53. The predicted octanol–water partition coefficient (Wildman–Crippen LogP) is 2.83. The molecule has 2 unspecified atom stereocenters. The maximum absolute atomic E-state index is 12.7. The van der Waals surface area contributed by atoms with E-state index < -0.39 is 18.0 Å². The fraction of sp³-hybridized carbons (Fsp3) is 0.714. The number of hydrogen-bond acceptors (Lipinski definition) is 2. The Hall–Kier alpha value is -1.53. The molecule has 1 aromatic rings. The van der Waals surface area contributed by atoms with E-state index in [4.69, 9.17) is 0 Å². The highest BCUT2D eigenvalue weighted by atomic mass is 19.4. The molecule has 0 radical (unpaired) electrons. The van der Waals surface area contributed by atoms with Crippen molar-refractivity contribution in [1.82, 2.24) is 15.3 Å². The third kappa shape index (κ3) is 4.75. The van der Waals surface area contributed by atoms with Gasteiger partial charge in [0.05, 0.1) is 5.92 Å². The van der Waals surface area contributed by atoms with Gasteiger partial charge in [-0.2, -0.15) is 13.2 Å². The normalized spacial score (nSPS) is 23.0. The first-order chi connectivity index (χ1) is 9.97. The first-order valence-corrected chi connectivity index (χ1v) is 7.29. The SMILES string of the molecule is O=C(NCCCc1ncc[nH]1)C1CCCC(C(F)(F)F)C1. The molecule has 1 aliphatic rings. The number of aromatic amines is 1. The second kappa shape index (κ2) is 6.95. The summed E-state index contributed by atoms with van der Waals surface area (Å²) in [6, 6.07) is 0. The summed E-state index contributed by atoms with van der Waals surface area (Å²) in [6.45, 7) is 0.465. The highest BCUT2D eigenvalue weighted by molar-refractivity contribution is 5.78. The van der Waals surface area contributed by atoms with Crippen molar-refractivity contribution >= 4 is 5.91 Å². The molecule has 0 spiro atoms. The summed E-state index contributed by atoms with van der Waals surface area (Å²) in [6.07, 6.45) is 1.72. The third-order valence-corrected chi connectivity index (χ3v) is 3.95. The van der Waals surface area contributed by atoms with Crippen LogP contribution in [-0.2, 0) is 11.2 Å². The van der Waals surface area contributed by atoms with Crippen LogP contribution in [0, 0.1) is 11.8 Å². The molecular formula is C14H20F3N3O. The lowest BCUT2D eigenvalue weighted by Crippen LogP contribution is -2.37. The molecule has 118 valence electrons. The van der Waals surface area contributed by atoms with Gasteiger partial charge in [-0.05, 0) is 25.7 Å². The van der Waals surface area contributed by atoms with Crippen LogP contribution in [0.4, 0.5) is 13.2 Å². The Labute approximate surface area is 121 Å². The summed E-state index contributed by atoms with van der Waals surface area (Å²) in [4.78, 5) is 19.0. The lowest BCUT2D eigenvalue weighted by Gasteiger charge is -2.29. The van der Waals surface area contributed by atoms with Crippen LogP contribution in [-0.4, -0.2) is 28.6 Å². The van der Waals surface area contributed by atoms with Crippen molar-refractivity contribution in [2.45, 2.75) is 44.7 Å². The van der Waals surface area contributed by atoms with Gasteiger partial charge in [0.15, 0.2) is 0 Å². The van der Waals surface area contributed by atoms with E-state index in [9.17, 15) is 18.0 Å². The molecule has 7 heteroatoms. The molecular weight excluding hydrogens is 283 g/mol. The monoisotopic (exact) mass is 303 g/mol. The summed E-state index contributed by atoms with van der Waals surface area (Å²) < 4.78 is 38.1. The average molecular weight is 303 g/mol. The number of aromatic nitrogens is 2. The smallest absolute Gasteiger partial charge is 0.356 e. The molecule has 2 N–H and O–H groups in total. The quantitative estimate of drug-likeness (QED) is 0.822. The summed E-state index contributed by atoms with van der Waals surface area (Å²) in [5.41, 5.74) is 0. The van der Waals surface area contributed by atoms with Crippen molar-refractivity contribution in [2.24, 2.45) is 11.8 Å². The van der Waals surface area contributed by atoms with Gasteiger partial charge in [0.1, 0.15) is 5.82 Å². The molecule has 1 heterocycles. The zero-order chi connectivity index (χ0) is 15.3. The molecule has 1 saturated carbocycles. The highest BCUT2D eigenvalue weighted by Gasteiger charge is 2.43. The number of rotatable bonds is 5. The molecule has 1 aliphatic carbocycles. The Morgan fingerprint density at radius 2 is 2.24 bits per heavy atom. The van der Waals surface area contributed by atoms with Crippen LogP contribution in [0.2, 0.25) is 0 Å². The van der Waals surface area contributed by atoms with Crippen LogP contribution >= 0.6 is 0 Å². The van der Waals surface area contributed by atoms with Crippen molar-refractivity contribution in [3.63, 3.8) is 0 Å². The minimum atomic E-state index is -4.18. The molecule has 0 saturated heterocycles. The Morgan fingerprint density at radius 1 is 1.43 bits per heavy atom. The van der Waals surface area contributed by atoms with Crippen LogP contribution in [0.1, 0.15) is 37.9 Å². The van der Waals surface area contributed by atoms with Gasteiger partial charge in [-0.1, -0.05) is 6.42 Å².